The largest absolute Gasteiger partial charge is 0.488 e. The number of hydrogen-bond donors (Lipinski definition) is 1. The maximum atomic E-state index is 13.2. The molecule has 0 saturated carbocycles. The Morgan fingerprint density at radius 3 is 2.24 bits per heavy atom. The second-order valence-corrected chi connectivity index (χ2v) is 14.5. The standard InChI is InChI=1S/C45H49N3O7/c1-31-23-24-46-41(26-31)48(44(52)55-45(2,3)4)25-11-16-42(50)47-29-36(49)27-35(28-43(51)53-5)33-17-19-34(20-18-33)37-21-22-40(39-15-10-9-14-38(37)39)54-30-32-12-7-6-8-13-32/h6-10,12-15,17-24,26,35H,11,16,25,27-30H2,1-5H3,(H,47,50)/t35-/m0/s1. The first-order valence-electron chi connectivity index (χ1n) is 18.5. The summed E-state index contributed by atoms with van der Waals surface area (Å²) in [6.45, 7) is 7.73. The fourth-order valence-electron chi connectivity index (χ4n) is 6.23. The number of benzene rings is 4. The number of fused-ring (bicyclic) bond motifs is 1. The maximum absolute atomic E-state index is 13.2. The molecule has 0 spiro atoms. The number of pyridine rings is 1. The zero-order valence-electron chi connectivity index (χ0n) is 32.2. The monoisotopic (exact) mass is 743 g/mol. The quantitative estimate of drug-likeness (QED) is 0.0996. The normalized spacial score (nSPS) is 11.7. The average Bonchev–Trinajstić information content (AvgIpc) is 3.17. The molecule has 10 heteroatoms. The molecule has 0 aliphatic carbocycles. The molecule has 0 unspecified atom stereocenters. The molecule has 55 heavy (non-hydrogen) atoms. The zero-order valence-corrected chi connectivity index (χ0v) is 32.2. The molecule has 0 saturated heterocycles. The minimum atomic E-state index is -0.704. The number of aryl methyl sites for hydroxylation is 1. The molecule has 1 aromatic heterocycles. The number of carbonyl (C=O) groups excluding carboxylic acids is 4. The Labute approximate surface area is 322 Å². The lowest BCUT2D eigenvalue weighted by atomic mass is 9.89. The molecule has 10 nitrogen and oxygen atoms in total. The molecule has 0 aliphatic heterocycles. The van der Waals surface area contributed by atoms with Crippen molar-refractivity contribution in [2.75, 3.05) is 25.1 Å². The van der Waals surface area contributed by atoms with Gasteiger partial charge in [-0.25, -0.2) is 9.78 Å². The highest BCUT2D eigenvalue weighted by Crippen LogP contribution is 2.36. The molecule has 1 N–H and O–H groups in total. The van der Waals surface area contributed by atoms with Gasteiger partial charge in [-0.05, 0) is 85.5 Å². The first kappa shape index (κ1) is 40.2. The number of Topliss-reactive ketones (excluding diaryl/α,β-unsaturated/α-hetero) is 1. The predicted molar refractivity (Wildman–Crippen MR) is 214 cm³/mol. The highest BCUT2D eigenvalue weighted by Gasteiger charge is 2.25. The van der Waals surface area contributed by atoms with Gasteiger partial charge in [0, 0.05) is 36.9 Å². The maximum Gasteiger partial charge on any atom is 0.416 e. The third-order valence-corrected chi connectivity index (χ3v) is 8.99. The molecule has 1 heterocycles. The van der Waals surface area contributed by atoms with E-state index >= 15 is 0 Å². The van der Waals surface area contributed by atoms with Gasteiger partial charge >= 0.3 is 12.1 Å². The third kappa shape index (κ3) is 11.7. The lowest BCUT2D eigenvalue weighted by Crippen LogP contribution is -2.38. The first-order valence-corrected chi connectivity index (χ1v) is 18.5. The molecule has 0 fully saturated rings. The molecular weight excluding hydrogens is 695 g/mol. The Morgan fingerprint density at radius 1 is 0.836 bits per heavy atom. The number of aromatic nitrogens is 1. The number of ketones is 1. The molecule has 5 rings (SSSR count). The van der Waals surface area contributed by atoms with E-state index in [1.807, 2.05) is 97.9 Å². The predicted octanol–water partition coefficient (Wildman–Crippen LogP) is 8.73. The lowest BCUT2D eigenvalue weighted by molar-refractivity contribution is -0.141. The average molecular weight is 744 g/mol. The summed E-state index contributed by atoms with van der Waals surface area (Å²) in [5, 5.41) is 4.75. The molecule has 1 atom stereocenters. The number of ether oxygens (including phenoxy) is 3. The number of hydrogen-bond acceptors (Lipinski definition) is 8. The van der Waals surface area contributed by atoms with Crippen LogP contribution in [0.5, 0.6) is 5.75 Å². The van der Waals surface area contributed by atoms with Crippen LogP contribution in [0, 0.1) is 6.92 Å². The van der Waals surface area contributed by atoms with E-state index in [1.165, 1.54) is 12.0 Å². The van der Waals surface area contributed by atoms with Crippen molar-refractivity contribution in [1.82, 2.24) is 10.3 Å². The summed E-state index contributed by atoms with van der Waals surface area (Å²) < 4.78 is 16.7. The summed E-state index contributed by atoms with van der Waals surface area (Å²) in [5.41, 5.74) is 4.14. The van der Waals surface area contributed by atoms with Crippen LogP contribution in [-0.2, 0) is 30.5 Å². The van der Waals surface area contributed by atoms with Crippen LogP contribution in [0.2, 0.25) is 0 Å². The Hall–Kier alpha value is -6.03. The summed E-state index contributed by atoms with van der Waals surface area (Å²) >= 11 is 0. The van der Waals surface area contributed by atoms with Crippen LogP contribution >= 0.6 is 0 Å². The SMILES string of the molecule is COC(=O)C[C@H](CC(=O)CNC(=O)CCCN(C(=O)OC(C)(C)C)c1cc(C)ccn1)c1ccc(-c2ccc(OCc3ccccc3)c3ccccc23)cc1. The number of nitrogens with zero attached hydrogens (tertiary/aromatic N) is 2. The zero-order chi connectivity index (χ0) is 39.4. The number of amides is 2. The highest BCUT2D eigenvalue weighted by atomic mass is 16.6. The molecule has 4 aromatic carbocycles. The van der Waals surface area contributed by atoms with Gasteiger partial charge in [0.05, 0.1) is 20.1 Å². The van der Waals surface area contributed by atoms with E-state index in [9.17, 15) is 19.2 Å². The van der Waals surface area contributed by atoms with Crippen molar-refractivity contribution in [3.05, 3.63) is 126 Å². The van der Waals surface area contributed by atoms with Crippen molar-refractivity contribution < 1.29 is 33.4 Å². The Kier molecular flexibility index (Phi) is 13.7. The van der Waals surface area contributed by atoms with Gasteiger partial charge in [-0.3, -0.25) is 19.3 Å². The summed E-state index contributed by atoms with van der Waals surface area (Å²) in [6.07, 6.45) is 1.52. The molecule has 0 bridgehead atoms. The minimum absolute atomic E-state index is 0.0133. The van der Waals surface area contributed by atoms with E-state index in [0.717, 1.165) is 44.3 Å². The first-order chi connectivity index (χ1) is 26.4. The van der Waals surface area contributed by atoms with Crippen molar-refractivity contribution in [2.24, 2.45) is 0 Å². The van der Waals surface area contributed by atoms with Crippen molar-refractivity contribution in [3.8, 4) is 16.9 Å². The van der Waals surface area contributed by atoms with Gasteiger partial charge in [0.15, 0.2) is 5.78 Å². The Balaban J connectivity index is 1.20. The van der Waals surface area contributed by atoms with E-state index in [2.05, 4.69) is 16.4 Å². The second-order valence-electron chi connectivity index (χ2n) is 14.5. The number of methoxy groups -OCH3 is 1. The van der Waals surface area contributed by atoms with Crippen molar-refractivity contribution in [1.29, 1.82) is 0 Å². The summed E-state index contributed by atoms with van der Waals surface area (Å²) in [4.78, 5) is 57.1. The van der Waals surface area contributed by atoms with Gasteiger partial charge in [-0.2, -0.15) is 0 Å². The van der Waals surface area contributed by atoms with E-state index in [1.54, 1.807) is 33.0 Å². The fraction of sp³-hybridized carbons (Fsp3) is 0.311. The smallest absolute Gasteiger partial charge is 0.416 e. The molecule has 5 aromatic rings. The number of esters is 1. The van der Waals surface area contributed by atoms with Gasteiger partial charge in [0.2, 0.25) is 5.91 Å². The molecule has 2 amide bonds. The number of rotatable bonds is 16. The summed E-state index contributed by atoms with van der Waals surface area (Å²) in [6, 6.07) is 33.6. The van der Waals surface area contributed by atoms with Crippen LogP contribution in [0.15, 0.2) is 109 Å². The van der Waals surface area contributed by atoms with Crippen LogP contribution in [0.25, 0.3) is 21.9 Å². The van der Waals surface area contributed by atoms with Gasteiger partial charge in [-0.15, -0.1) is 0 Å². The second kappa shape index (κ2) is 18.8. The topological polar surface area (TPSA) is 124 Å². The molecule has 286 valence electrons. The number of anilines is 1. The van der Waals surface area contributed by atoms with Crippen LogP contribution in [-0.4, -0.2) is 54.5 Å². The van der Waals surface area contributed by atoms with Gasteiger partial charge in [0.25, 0.3) is 0 Å². The van der Waals surface area contributed by atoms with Gasteiger partial charge in [0.1, 0.15) is 23.8 Å². The van der Waals surface area contributed by atoms with Crippen molar-refractivity contribution >= 4 is 40.3 Å². The minimum Gasteiger partial charge on any atom is -0.488 e. The Bertz CT molecular complexity index is 2090. The Morgan fingerprint density at radius 2 is 1.55 bits per heavy atom. The lowest BCUT2D eigenvalue weighted by Gasteiger charge is -2.27. The number of nitrogens with one attached hydrogen (secondary N) is 1. The van der Waals surface area contributed by atoms with Gasteiger partial charge in [-0.1, -0.05) is 84.9 Å². The van der Waals surface area contributed by atoms with Gasteiger partial charge < -0.3 is 19.5 Å². The summed E-state index contributed by atoms with van der Waals surface area (Å²) in [7, 11) is 1.32. The molecule has 0 radical (unpaired) electrons. The fourth-order valence-corrected chi connectivity index (χ4v) is 6.23. The summed E-state index contributed by atoms with van der Waals surface area (Å²) in [5.74, 6) is -0.188. The van der Waals surface area contributed by atoms with Crippen molar-refractivity contribution in [3.63, 3.8) is 0 Å². The van der Waals surface area contributed by atoms with E-state index < -0.39 is 23.6 Å². The highest BCUT2D eigenvalue weighted by molar-refractivity contribution is 6.00. The molecule has 0 aliphatic rings. The van der Waals surface area contributed by atoms with E-state index in [4.69, 9.17) is 14.2 Å². The third-order valence-electron chi connectivity index (χ3n) is 8.99. The van der Waals surface area contributed by atoms with E-state index in [-0.39, 0.29) is 44.0 Å². The van der Waals surface area contributed by atoms with Crippen molar-refractivity contribution in [2.45, 2.75) is 71.5 Å². The van der Waals surface area contributed by atoms with E-state index in [0.29, 0.717) is 18.8 Å². The number of carbonyl (C=O) groups is 4. The van der Waals surface area contributed by atoms with Crippen LogP contribution in [0.3, 0.4) is 0 Å². The van der Waals surface area contributed by atoms with Crippen LogP contribution in [0.1, 0.15) is 69.1 Å². The van der Waals surface area contributed by atoms with Crippen LogP contribution < -0.4 is 15.0 Å². The molecular formula is C45H49N3O7. The van der Waals surface area contributed by atoms with Crippen LogP contribution in [0.4, 0.5) is 10.6 Å².